The Balaban J connectivity index is 2.02. The molecule has 1 heterocycles. The van der Waals surface area contributed by atoms with Gasteiger partial charge in [-0.05, 0) is 44.9 Å². The van der Waals surface area contributed by atoms with Gasteiger partial charge in [0.25, 0.3) is 5.91 Å². The van der Waals surface area contributed by atoms with E-state index in [1.165, 1.54) is 10.6 Å². The highest BCUT2D eigenvalue weighted by molar-refractivity contribution is 7.88. The molecule has 0 radical (unpaired) electrons. The van der Waals surface area contributed by atoms with Crippen molar-refractivity contribution in [1.82, 2.24) is 9.21 Å². The van der Waals surface area contributed by atoms with Crippen LogP contribution in [0.15, 0.2) is 18.2 Å². The topological polar surface area (TPSA) is 66.9 Å². The molecule has 1 fully saturated rings. The maximum atomic E-state index is 12.3. The van der Waals surface area contributed by atoms with Gasteiger partial charge in [0, 0.05) is 31.7 Å². The van der Waals surface area contributed by atoms with Crippen molar-refractivity contribution in [2.24, 2.45) is 0 Å². The summed E-state index contributed by atoms with van der Waals surface area (Å²) < 4.78 is 30.4. The van der Waals surface area contributed by atoms with Crippen LogP contribution in [0, 0.1) is 0 Å². The quantitative estimate of drug-likeness (QED) is 0.777. The van der Waals surface area contributed by atoms with Crippen molar-refractivity contribution in [3.05, 3.63) is 28.8 Å². The van der Waals surface area contributed by atoms with Crippen LogP contribution in [0.2, 0.25) is 5.02 Å². The zero-order chi connectivity index (χ0) is 18.8. The summed E-state index contributed by atoms with van der Waals surface area (Å²) >= 11 is 6.28. The van der Waals surface area contributed by atoms with Crippen LogP contribution in [0.3, 0.4) is 0 Å². The lowest BCUT2D eigenvalue weighted by Crippen LogP contribution is -2.41. The largest absolute Gasteiger partial charge is 0.489 e. The van der Waals surface area contributed by atoms with Gasteiger partial charge in [0.15, 0.2) is 0 Å². The molecule has 0 aliphatic carbocycles. The lowest BCUT2D eigenvalue weighted by atomic mass is 10.1. The molecule has 2 rings (SSSR count). The minimum absolute atomic E-state index is 0.0876. The first-order valence-electron chi connectivity index (χ1n) is 8.28. The summed E-state index contributed by atoms with van der Waals surface area (Å²) in [6.45, 7) is 4.77. The average molecular weight is 389 g/mol. The molecule has 0 N–H and O–H groups in total. The molecule has 0 aromatic heterocycles. The van der Waals surface area contributed by atoms with Gasteiger partial charge in [0.1, 0.15) is 11.9 Å². The maximum absolute atomic E-state index is 12.3. The van der Waals surface area contributed by atoms with E-state index in [0.717, 1.165) is 0 Å². The van der Waals surface area contributed by atoms with Crippen LogP contribution in [0.4, 0.5) is 0 Å². The molecule has 1 aromatic rings. The van der Waals surface area contributed by atoms with E-state index in [-0.39, 0.29) is 18.1 Å². The minimum atomic E-state index is -3.15. The van der Waals surface area contributed by atoms with E-state index in [4.69, 9.17) is 16.3 Å². The van der Waals surface area contributed by atoms with E-state index in [9.17, 15) is 13.2 Å². The van der Waals surface area contributed by atoms with E-state index in [1.807, 2.05) is 13.8 Å². The second kappa shape index (κ2) is 7.93. The van der Waals surface area contributed by atoms with E-state index in [1.54, 1.807) is 30.1 Å². The van der Waals surface area contributed by atoms with Crippen molar-refractivity contribution in [3.63, 3.8) is 0 Å². The maximum Gasteiger partial charge on any atom is 0.253 e. The van der Waals surface area contributed by atoms with E-state index in [2.05, 4.69) is 0 Å². The van der Waals surface area contributed by atoms with Crippen molar-refractivity contribution in [2.45, 2.75) is 38.8 Å². The van der Waals surface area contributed by atoms with E-state index >= 15 is 0 Å². The molecule has 1 aliphatic rings. The molecule has 8 heteroatoms. The Hall–Kier alpha value is -1.31. The Bertz CT molecular complexity index is 728. The summed E-state index contributed by atoms with van der Waals surface area (Å²) in [5.74, 6) is 0.424. The molecule has 0 atom stereocenters. The number of rotatable bonds is 5. The summed E-state index contributed by atoms with van der Waals surface area (Å²) in [5.41, 5.74) is 0.514. The van der Waals surface area contributed by atoms with Crippen molar-refractivity contribution >= 4 is 27.5 Å². The number of hydrogen-bond acceptors (Lipinski definition) is 4. The Morgan fingerprint density at radius 1 is 1.32 bits per heavy atom. The van der Waals surface area contributed by atoms with Crippen molar-refractivity contribution in [3.8, 4) is 5.75 Å². The number of ether oxygens (including phenoxy) is 1. The minimum Gasteiger partial charge on any atom is -0.489 e. The molecular weight excluding hydrogens is 364 g/mol. The van der Waals surface area contributed by atoms with Gasteiger partial charge in [-0.3, -0.25) is 4.79 Å². The highest BCUT2D eigenvalue weighted by atomic mass is 35.5. The first-order valence-corrected chi connectivity index (χ1v) is 10.5. The first-order chi connectivity index (χ1) is 11.6. The summed E-state index contributed by atoms with van der Waals surface area (Å²) in [7, 11) is -1.40. The monoisotopic (exact) mass is 388 g/mol. The molecule has 0 spiro atoms. The van der Waals surface area contributed by atoms with Crippen LogP contribution in [0.25, 0.3) is 0 Å². The normalized spacial score (nSPS) is 16.9. The molecule has 0 unspecified atom stereocenters. The number of hydrogen-bond donors (Lipinski definition) is 0. The number of piperidine rings is 1. The fourth-order valence-electron chi connectivity index (χ4n) is 2.63. The van der Waals surface area contributed by atoms with Crippen LogP contribution >= 0.6 is 11.6 Å². The molecule has 140 valence electrons. The molecule has 1 saturated heterocycles. The SMILES string of the molecule is CC(C)N(C)C(=O)c1ccc(OC2CCN(S(C)(=O)=O)CC2)c(Cl)c1. The predicted octanol–water partition coefficient (Wildman–Crippen LogP) is 2.62. The van der Waals surface area contributed by atoms with Gasteiger partial charge in [-0.2, -0.15) is 0 Å². The Labute approximate surface area is 154 Å². The Kier molecular flexibility index (Phi) is 6.35. The summed E-state index contributed by atoms with van der Waals surface area (Å²) in [6.07, 6.45) is 2.35. The third-order valence-electron chi connectivity index (χ3n) is 4.44. The fraction of sp³-hybridized carbons (Fsp3) is 0.588. The number of halogens is 1. The summed E-state index contributed by atoms with van der Waals surface area (Å²) in [4.78, 5) is 14.0. The van der Waals surface area contributed by atoms with Gasteiger partial charge >= 0.3 is 0 Å². The van der Waals surface area contributed by atoms with Crippen molar-refractivity contribution < 1.29 is 17.9 Å². The number of amides is 1. The molecule has 1 aromatic carbocycles. The fourth-order valence-corrected chi connectivity index (χ4v) is 3.73. The van der Waals surface area contributed by atoms with Crippen LogP contribution in [0.1, 0.15) is 37.0 Å². The Morgan fingerprint density at radius 3 is 2.40 bits per heavy atom. The van der Waals surface area contributed by atoms with Crippen LogP contribution in [-0.2, 0) is 10.0 Å². The summed E-state index contributed by atoms with van der Waals surface area (Å²) in [6, 6.07) is 5.12. The third-order valence-corrected chi connectivity index (χ3v) is 6.04. The smallest absolute Gasteiger partial charge is 0.253 e. The molecule has 6 nitrogen and oxygen atoms in total. The standard InChI is InChI=1S/C17H25ClN2O4S/c1-12(2)19(3)17(21)13-5-6-16(15(18)11-13)24-14-7-9-20(10-8-14)25(4,22)23/h5-6,11-12,14H,7-10H2,1-4H3. The van der Waals surface area contributed by atoms with Gasteiger partial charge < -0.3 is 9.64 Å². The lowest BCUT2D eigenvalue weighted by molar-refractivity contribution is 0.0755. The predicted molar refractivity (Wildman–Crippen MR) is 98.7 cm³/mol. The van der Waals surface area contributed by atoms with Gasteiger partial charge in [-0.15, -0.1) is 0 Å². The zero-order valence-corrected chi connectivity index (χ0v) is 16.6. The van der Waals surface area contributed by atoms with Crippen molar-refractivity contribution in [2.75, 3.05) is 26.4 Å². The van der Waals surface area contributed by atoms with Gasteiger partial charge in [-0.1, -0.05) is 11.6 Å². The third kappa shape index (κ3) is 5.09. The number of carbonyl (C=O) groups excluding carboxylic acids is 1. The first kappa shape index (κ1) is 20.0. The molecule has 0 saturated carbocycles. The lowest BCUT2D eigenvalue weighted by Gasteiger charge is -2.30. The number of sulfonamides is 1. The molecule has 0 bridgehead atoms. The molecule has 1 aliphatic heterocycles. The number of benzene rings is 1. The highest BCUT2D eigenvalue weighted by Crippen LogP contribution is 2.29. The summed E-state index contributed by atoms with van der Waals surface area (Å²) in [5, 5.41) is 0.383. The van der Waals surface area contributed by atoms with Gasteiger partial charge in [0.05, 0.1) is 11.3 Å². The Morgan fingerprint density at radius 2 is 1.92 bits per heavy atom. The van der Waals surface area contributed by atoms with Gasteiger partial charge in [-0.25, -0.2) is 12.7 Å². The second-order valence-corrected chi connectivity index (χ2v) is 9.02. The second-order valence-electron chi connectivity index (χ2n) is 6.63. The average Bonchev–Trinajstić information content (AvgIpc) is 2.55. The highest BCUT2D eigenvalue weighted by Gasteiger charge is 2.26. The van der Waals surface area contributed by atoms with Crippen LogP contribution < -0.4 is 4.74 Å². The van der Waals surface area contributed by atoms with Crippen LogP contribution in [0.5, 0.6) is 5.75 Å². The number of nitrogens with zero attached hydrogens (tertiary/aromatic N) is 2. The zero-order valence-electron chi connectivity index (χ0n) is 15.0. The van der Waals surface area contributed by atoms with Crippen LogP contribution in [-0.4, -0.2) is 62.1 Å². The van der Waals surface area contributed by atoms with E-state index in [0.29, 0.717) is 42.3 Å². The molecule has 25 heavy (non-hydrogen) atoms. The van der Waals surface area contributed by atoms with E-state index < -0.39 is 10.0 Å². The molecule has 1 amide bonds. The molecular formula is C17H25ClN2O4S. The number of carbonyl (C=O) groups is 1. The van der Waals surface area contributed by atoms with Crippen molar-refractivity contribution in [1.29, 1.82) is 0 Å². The van der Waals surface area contributed by atoms with Gasteiger partial charge in [0.2, 0.25) is 10.0 Å².